The van der Waals surface area contributed by atoms with Gasteiger partial charge in [-0.25, -0.2) is 0 Å². The highest BCUT2D eigenvalue weighted by atomic mass is 16.6. The fraction of sp³-hybridized carbons (Fsp3) is 0.944. The Bertz CT molecular complexity index is 903. The first-order valence-electron chi connectivity index (χ1n) is 26.9. The Labute approximate surface area is 374 Å². The molecule has 0 aliphatic rings. The van der Waals surface area contributed by atoms with Gasteiger partial charge in [0.25, 0.3) is 0 Å². The van der Waals surface area contributed by atoms with Gasteiger partial charge in [-0.3, -0.25) is 14.4 Å². The lowest BCUT2D eigenvalue weighted by molar-refractivity contribution is -0.167. The van der Waals surface area contributed by atoms with Crippen LogP contribution in [0.1, 0.15) is 304 Å². The average molecular weight is 849 g/mol. The Kier molecular flexibility index (Phi) is 47.2. The van der Waals surface area contributed by atoms with Crippen molar-refractivity contribution in [2.75, 3.05) is 13.2 Å². The maximum Gasteiger partial charge on any atom is 0.306 e. The van der Waals surface area contributed by atoms with E-state index in [9.17, 15) is 14.4 Å². The number of ether oxygens (including phenoxy) is 3. The molecule has 0 N–H and O–H groups in total. The topological polar surface area (TPSA) is 78.9 Å². The van der Waals surface area contributed by atoms with Gasteiger partial charge >= 0.3 is 17.9 Å². The Morgan fingerprint density at radius 1 is 0.317 bits per heavy atom. The van der Waals surface area contributed by atoms with Gasteiger partial charge < -0.3 is 14.2 Å². The van der Waals surface area contributed by atoms with Gasteiger partial charge in [-0.05, 0) is 25.2 Å². The number of esters is 3. The van der Waals surface area contributed by atoms with Crippen molar-refractivity contribution in [1.82, 2.24) is 0 Å². The van der Waals surface area contributed by atoms with E-state index in [0.717, 1.165) is 63.7 Å². The number of unbranched alkanes of at least 4 members (excludes halogenated alkanes) is 36. The van der Waals surface area contributed by atoms with Crippen LogP contribution in [0.5, 0.6) is 0 Å². The molecule has 0 aromatic heterocycles. The highest BCUT2D eigenvalue weighted by molar-refractivity contribution is 5.71. The molecular weight excluding hydrogens is 745 g/mol. The fourth-order valence-corrected chi connectivity index (χ4v) is 8.22. The van der Waals surface area contributed by atoms with E-state index >= 15 is 0 Å². The Morgan fingerprint density at radius 3 is 0.817 bits per heavy atom. The molecule has 0 aromatic rings. The largest absolute Gasteiger partial charge is 0.462 e. The van der Waals surface area contributed by atoms with Crippen molar-refractivity contribution in [1.29, 1.82) is 0 Å². The zero-order chi connectivity index (χ0) is 43.8. The zero-order valence-corrected chi connectivity index (χ0v) is 40.9. The normalized spacial score (nSPS) is 11.9. The lowest BCUT2D eigenvalue weighted by Crippen LogP contribution is -2.30. The highest BCUT2D eigenvalue weighted by Crippen LogP contribution is 2.17. The summed E-state index contributed by atoms with van der Waals surface area (Å²) in [5.41, 5.74) is 0. The van der Waals surface area contributed by atoms with E-state index in [1.807, 2.05) is 0 Å². The Hall–Kier alpha value is -1.59. The second-order valence-electron chi connectivity index (χ2n) is 19.0. The van der Waals surface area contributed by atoms with Crippen molar-refractivity contribution in [2.24, 2.45) is 5.92 Å². The molecule has 1 atom stereocenters. The molecule has 0 heterocycles. The molecule has 0 aliphatic heterocycles. The molecule has 60 heavy (non-hydrogen) atoms. The van der Waals surface area contributed by atoms with E-state index in [0.29, 0.717) is 19.3 Å². The van der Waals surface area contributed by atoms with Crippen LogP contribution in [0.2, 0.25) is 0 Å². The molecule has 0 saturated heterocycles. The fourth-order valence-electron chi connectivity index (χ4n) is 8.22. The summed E-state index contributed by atoms with van der Waals surface area (Å²) in [4.78, 5) is 38.0. The van der Waals surface area contributed by atoms with Gasteiger partial charge in [0.1, 0.15) is 13.2 Å². The summed E-state index contributed by atoms with van der Waals surface area (Å²) in [7, 11) is 0. The van der Waals surface area contributed by atoms with Crippen LogP contribution in [0, 0.1) is 5.92 Å². The van der Waals surface area contributed by atoms with Crippen molar-refractivity contribution in [3.8, 4) is 0 Å². The minimum Gasteiger partial charge on any atom is -0.462 e. The van der Waals surface area contributed by atoms with Crippen LogP contribution in [0.4, 0.5) is 0 Å². The molecule has 0 bridgehead atoms. The standard InChI is InChI=1S/C54H104O6/c1-5-7-9-11-13-15-17-19-20-21-22-23-24-26-29-33-37-41-45-52(55)58-48-51(60-54(57)47-43-39-35-30-25-18-16-14-12-10-8-6-2)49-59-53(56)46-42-38-34-31-27-28-32-36-40-44-50(3)4/h50-51H,5-49H2,1-4H3/t51-/m0/s1. The molecule has 0 rings (SSSR count). The van der Waals surface area contributed by atoms with Crippen molar-refractivity contribution in [3.63, 3.8) is 0 Å². The lowest BCUT2D eigenvalue weighted by Gasteiger charge is -2.18. The van der Waals surface area contributed by atoms with E-state index in [-0.39, 0.29) is 31.1 Å². The molecule has 0 aromatic carbocycles. The molecule has 6 nitrogen and oxygen atoms in total. The van der Waals surface area contributed by atoms with E-state index < -0.39 is 6.10 Å². The van der Waals surface area contributed by atoms with Crippen molar-refractivity contribution >= 4 is 17.9 Å². The van der Waals surface area contributed by atoms with Gasteiger partial charge in [0.05, 0.1) is 0 Å². The second kappa shape index (κ2) is 48.4. The summed E-state index contributed by atoms with van der Waals surface area (Å²) < 4.78 is 16.8. The second-order valence-corrected chi connectivity index (χ2v) is 19.0. The molecule has 0 radical (unpaired) electrons. The number of hydrogen-bond acceptors (Lipinski definition) is 6. The first-order valence-corrected chi connectivity index (χ1v) is 26.9. The highest BCUT2D eigenvalue weighted by Gasteiger charge is 2.19. The monoisotopic (exact) mass is 849 g/mol. The Morgan fingerprint density at radius 2 is 0.550 bits per heavy atom. The third kappa shape index (κ3) is 47.5. The van der Waals surface area contributed by atoms with Crippen LogP contribution in [0.25, 0.3) is 0 Å². The number of hydrogen-bond donors (Lipinski definition) is 0. The first kappa shape index (κ1) is 58.4. The average Bonchev–Trinajstić information content (AvgIpc) is 3.23. The predicted octanol–water partition coefficient (Wildman–Crippen LogP) is 17.5. The van der Waals surface area contributed by atoms with E-state index in [4.69, 9.17) is 14.2 Å². The SMILES string of the molecule is CCCCCCCCCCCCCCCCCCCCC(=O)OC[C@@H](COC(=O)CCCCCCCCCCCC(C)C)OC(=O)CCCCCCCCCCCCCC. The van der Waals surface area contributed by atoms with Crippen LogP contribution in [0.15, 0.2) is 0 Å². The molecule has 0 saturated carbocycles. The smallest absolute Gasteiger partial charge is 0.306 e. The van der Waals surface area contributed by atoms with Crippen LogP contribution in [0.3, 0.4) is 0 Å². The summed E-state index contributed by atoms with van der Waals surface area (Å²) >= 11 is 0. The van der Waals surface area contributed by atoms with E-state index in [1.54, 1.807) is 0 Å². The summed E-state index contributed by atoms with van der Waals surface area (Å²) in [6.07, 6.45) is 50.9. The lowest BCUT2D eigenvalue weighted by atomic mass is 10.0. The van der Waals surface area contributed by atoms with E-state index in [1.165, 1.54) is 199 Å². The van der Waals surface area contributed by atoms with E-state index in [2.05, 4.69) is 27.7 Å². The number of carbonyl (C=O) groups is 3. The molecular formula is C54H104O6. The summed E-state index contributed by atoms with van der Waals surface area (Å²) in [6, 6.07) is 0. The van der Waals surface area contributed by atoms with Crippen molar-refractivity contribution < 1.29 is 28.6 Å². The number of carbonyl (C=O) groups excluding carboxylic acids is 3. The van der Waals surface area contributed by atoms with Gasteiger partial charge in [-0.2, -0.15) is 0 Å². The quantitative estimate of drug-likeness (QED) is 0.0345. The summed E-state index contributed by atoms with van der Waals surface area (Å²) in [6.45, 7) is 9.01. The van der Waals surface area contributed by atoms with Gasteiger partial charge in [-0.1, -0.05) is 265 Å². The number of rotatable bonds is 49. The van der Waals surface area contributed by atoms with Crippen LogP contribution < -0.4 is 0 Å². The third-order valence-corrected chi connectivity index (χ3v) is 12.3. The third-order valence-electron chi connectivity index (χ3n) is 12.3. The van der Waals surface area contributed by atoms with Crippen LogP contribution in [-0.4, -0.2) is 37.2 Å². The molecule has 356 valence electrons. The van der Waals surface area contributed by atoms with Gasteiger partial charge in [-0.15, -0.1) is 0 Å². The molecule has 0 aliphatic carbocycles. The maximum absolute atomic E-state index is 12.8. The molecule has 0 amide bonds. The van der Waals surface area contributed by atoms with Crippen LogP contribution >= 0.6 is 0 Å². The molecule has 0 spiro atoms. The van der Waals surface area contributed by atoms with Crippen molar-refractivity contribution in [3.05, 3.63) is 0 Å². The summed E-state index contributed by atoms with van der Waals surface area (Å²) in [5, 5.41) is 0. The van der Waals surface area contributed by atoms with Gasteiger partial charge in [0.2, 0.25) is 0 Å². The van der Waals surface area contributed by atoms with Gasteiger partial charge in [0, 0.05) is 19.3 Å². The van der Waals surface area contributed by atoms with Crippen LogP contribution in [-0.2, 0) is 28.6 Å². The first-order chi connectivity index (χ1) is 29.4. The predicted molar refractivity (Wildman–Crippen MR) is 257 cm³/mol. The molecule has 0 unspecified atom stereocenters. The minimum atomic E-state index is -0.761. The maximum atomic E-state index is 12.8. The van der Waals surface area contributed by atoms with Gasteiger partial charge in [0.15, 0.2) is 6.10 Å². The zero-order valence-electron chi connectivity index (χ0n) is 40.9. The molecule has 6 heteroatoms. The van der Waals surface area contributed by atoms with Crippen molar-refractivity contribution in [2.45, 2.75) is 310 Å². The summed E-state index contributed by atoms with van der Waals surface area (Å²) in [5.74, 6) is -0.0348. The molecule has 0 fully saturated rings. The Balaban J connectivity index is 4.26. The minimum absolute atomic E-state index is 0.0627.